The SMILES string of the molecule is NC(=O)C(C=O)N1CCCCC1. The summed E-state index contributed by atoms with van der Waals surface area (Å²) in [5.41, 5.74) is 5.07. The minimum absolute atomic E-state index is 0.535. The second kappa shape index (κ2) is 4.21. The number of nitrogens with two attached hydrogens (primary N) is 1. The molecule has 12 heavy (non-hydrogen) atoms. The van der Waals surface area contributed by atoms with Gasteiger partial charge in [-0.05, 0) is 25.9 Å². The van der Waals surface area contributed by atoms with Crippen LogP contribution in [0.1, 0.15) is 19.3 Å². The molecule has 1 heterocycles. The van der Waals surface area contributed by atoms with Crippen molar-refractivity contribution in [1.82, 2.24) is 4.90 Å². The van der Waals surface area contributed by atoms with Gasteiger partial charge in [0.15, 0.2) is 0 Å². The number of likely N-dealkylation sites (tertiary alicyclic amines) is 1. The molecular formula is C8H14N2O2. The number of carbonyl (C=O) groups excluding carboxylic acids is 2. The molecule has 0 radical (unpaired) electrons. The standard InChI is InChI=1S/C8H14N2O2/c9-8(12)7(6-11)10-4-2-1-3-5-10/h6-7H,1-5H2,(H2,9,12). The van der Waals surface area contributed by atoms with Crippen LogP contribution >= 0.6 is 0 Å². The molecule has 0 aromatic rings. The summed E-state index contributed by atoms with van der Waals surface area (Å²) < 4.78 is 0. The third-order valence-corrected chi connectivity index (χ3v) is 2.20. The minimum Gasteiger partial charge on any atom is -0.368 e. The fourth-order valence-corrected chi connectivity index (χ4v) is 1.53. The number of rotatable bonds is 3. The molecule has 0 aromatic carbocycles. The van der Waals surface area contributed by atoms with E-state index in [2.05, 4.69) is 0 Å². The van der Waals surface area contributed by atoms with Gasteiger partial charge in [-0.25, -0.2) is 0 Å². The molecule has 1 saturated heterocycles. The summed E-state index contributed by atoms with van der Waals surface area (Å²) in [5, 5.41) is 0. The summed E-state index contributed by atoms with van der Waals surface area (Å²) in [6.07, 6.45) is 3.92. The van der Waals surface area contributed by atoms with Gasteiger partial charge in [-0.1, -0.05) is 6.42 Å². The highest BCUT2D eigenvalue weighted by molar-refractivity contribution is 5.94. The normalized spacial score (nSPS) is 21.7. The summed E-state index contributed by atoms with van der Waals surface area (Å²) in [6.45, 7) is 1.62. The molecule has 1 aliphatic rings. The number of nitrogens with zero attached hydrogens (tertiary/aromatic N) is 1. The van der Waals surface area contributed by atoms with Gasteiger partial charge in [-0.15, -0.1) is 0 Å². The van der Waals surface area contributed by atoms with E-state index in [4.69, 9.17) is 5.73 Å². The maximum atomic E-state index is 10.8. The Balaban J connectivity index is 2.51. The van der Waals surface area contributed by atoms with Crippen LogP contribution in [0.4, 0.5) is 0 Å². The van der Waals surface area contributed by atoms with Gasteiger partial charge in [0.25, 0.3) is 0 Å². The molecular weight excluding hydrogens is 156 g/mol. The first kappa shape index (κ1) is 9.19. The Bertz CT molecular complexity index is 176. The Kier molecular flexibility index (Phi) is 3.22. The molecule has 0 aromatic heterocycles. The molecule has 1 atom stereocenters. The first-order valence-corrected chi connectivity index (χ1v) is 4.24. The van der Waals surface area contributed by atoms with E-state index in [9.17, 15) is 9.59 Å². The second-order valence-electron chi connectivity index (χ2n) is 3.08. The first-order valence-electron chi connectivity index (χ1n) is 4.24. The monoisotopic (exact) mass is 170 g/mol. The van der Waals surface area contributed by atoms with E-state index in [1.165, 1.54) is 6.42 Å². The number of primary amides is 1. The van der Waals surface area contributed by atoms with Crippen LogP contribution in [-0.2, 0) is 9.59 Å². The van der Waals surface area contributed by atoms with Gasteiger partial charge in [0.2, 0.25) is 5.91 Å². The lowest BCUT2D eigenvalue weighted by molar-refractivity contribution is -0.128. The van der Waals surface area contributed by atoms with Gasteiger partial charge in [0.1, 0.15) is 12.3 Å². The summed E-state index contributed by atoms with van der Waals surface area (Å²) in [6, 6.07) is -0.703. The highest BCUT2D eigenvalue weighted by atomic mass is 16.2. The van der Waals surface area contributed by atoms with Crippen molar-refractivity contribution in [3.05, 3.63) is 0 Å². The number of aldehydes is 1. The van der Waals surface area contributed by atoms with E-state index < -0.39 is 11.9 Å². The number of carbonyl (C=O) groups is 2. The van der Waals surface area contributed by atoms with Crippen LogP contribution in [0.15, 0.2) is 0 Å². The molecule has 2 N–H and O–H groups in total. The largest absolute Gasteiger partial charge is 0.368 e. The molecule has 1 aliphatic heterocycles. The number of hydrogen-bond donors (Lipinski definition) is 1. The van der Waals surface area contributed by atoms with Crippen LogP contribution in [0, 0.1) is 0 Å². The van der Waals surface area contributed by atoms with Gasteiger partial charge < -0.3 is 10.5 Å². The van der Waals surface area contributed by atoms with Crippen molar-refractivity contribution in [1.29, 1.82) is 0 Å². The molecule has 0 spiro atoms. The molecule has 0 aliphatic carbocycles. The molecule has 4 nitrogen and oxygen atoms in total. The summed E-state index contributed by atoms with van der Waals surface area (Å²) in [5.74, 6) is -0.535. The van der Waals surface area contributed by atoms with Crippen molar-refractivity contribution in [2.24, 2.45) is 5.73 Å². The Morgan fingerprint density at radius 1 is 1.33 bits per heavy atom. The average molecular weight is 170 g/mol. The van der Waals surface area contributed by atoms with Crippen molar-refractivity contribution in [2.45, 2.75) is 25.3 Å². The van der Waals surface area contributed by atoms with Crippen LogP contribution in [0.2, 0.25) is 0 Å². The lowest BCUT2D eigenvalue weighted by Crippen LogP contribution is -2.48. The predicted octanol–water partition coefficient (Wildman–Crippen LogP) is -0.475. The second-order valence-corrected chi connectivity index (χ2v) is 3.08. The molecule has 1 rings (SSSR count). The van der Waals surface area contributed by atoms with E-state index in [1.54, 1.807) is 0 Å². The maximum absolute atomic E-state index is 10.8. The van der Waals surface area contributed by atoms with E-state index in [0.29, 0.717) is 6.29 Å². The predicted molar refractivity (Wildman–Crippen MR) is 44.5 cm³/mol. The fourth-order valence-electron chi connectivity index (χ4n) is 1.53. The third kappa shape index (κ3) is 2.04. The smallest absolute Gasteiger partial charge is 0.242 e. The molecule has 1 unspecified atom stereocenters. The van der Waals surface area contributed by atoms with Gasteiger partial charge in [0, 0.05) is 0 Å². The zero-order valence-electron chi connectivity index (χ0n) is 7.03. The van der Waals surface area contributed by atoms with Crippen molar-refractivity contribution < 1.29 is 9.59 Å². The van der Waals surface area contributed by atoms with Gasteiger partial charge >= 0.3 is 0 Å². The number of amides is 1. The maximum Gasteiger partial charge on any atom is 0.242 e. The van der Waals surface area contributed by atoms with Gasteiger partial charge in [0.05, 0.1) is 0 Å². The number of hydrogen-bond acceptors (Lipinski definition) is 3. The topological polar surface area (TPSA) is 63.4 Å². The highest BCUT2D eigenvalue weighted by Crippen LogP contribution is 2.10. The Morgan fingerprint density at radius 2 is 1.92 bits per heavy atom. The van der Waals surface area contributed by atoms with Crippen LogP contribution in [0.25, 0.3) is 0 Å². The first-order chi connectivity index (χ1) is 5.75. The van der Waals surface area contributed by atoms with E-state index in [1.807, 2.05) is 4.90 Å². The average Bonchev–Trinajstić information content (AvgIpc) is 2.07. The Hall–Kier alpha value is -0.900. The van der Waals surface area contributed by atoms with Crippen LogP contribution in [0.5, 0.6) is 0 Å². The van der Waals surface area contributed by atoms with Gasteiger partial charge in [-0.3, -0.25) is 9.69 Å². The fraction of sp³-hybridized carbons (Fsp3) is 0.750. The van der Waals surface area contributed by atoms with E-state index in [0.717, 1.165) is 25.9 Å². The van der Waals surface area contributed by atoms with Crippen molar-refractivity contribution >= 4 is 12.2 Å². The lowest BCUT2D eigenvalue weighted by Gasteiger charge is -2.29. The summed E-state index contributed by atoms with van der Waals surface area (Å²) >= 11 is 0. The van der Waals surface area contributed by atoms with Crippen LogP contribution in [-0.4, -0.2) is 36.2 Å². The van der Waals surface area contributed by atoms with Crippen molar-refractivity contribution in [3.8, 4) is 0 Å². The molecule has 4 heteroatoms. The molecule has 1 fully saturated rings. The zero-order valence-corrected chi connectivity index (χ0v) is 7.03. The van der Waals surface area contributed by atoms with Crippen LogP contribution < -0.4 is 5.73 Å². The molecule has 68 valence electrons. The molecule has 0 bridgehead atoms. The quantitative estimate of drug-likeness (QED) is 0.460. The summed E-state index contributed by atoms with van der Waals surface area (Å²) in [7, 11) is 0. The minimum atomic E-state index is -0.703. The van der Waals surface area contributed by atoms with E-state index >= 15 is 0 Å². The van der Waals surface area contributed by atoms with E-state index in [-0.39, 0.29) is 0 Å². The molecule has 1 amide bonds. The summed E-state index contributed by atoms with van der Waals surface area (Å²) in [4.78, 5) is 23.1. The van der Waals surface area contributed by atoms with Gasteiger partial charge in [-0.2, -0.15) is 0 Å². The Labute approximate surface area is 71.7 Å². The van der Waals surface area contributed by atoms with Crippen LogP contribution in [0.3, 0.4) is 0 Å². The third-order valence-electron chi connectivity index (χ3n) is 2.20. The molecule has 0 saturated carbocycles. The highest BCUT2D eigenvalue weighted by Gasteiger charge is 2.24. The Morgan fingerprint density at radius 3 is 2.33 bits per heavy atom. The van der Waals surface area contributed by atoms with Crippen molar-refractivity contribution in [2.75, 3.05) is 13.1 Å². The van der Waals surface area contributed by atoms with Crippen molar-refractivity contribution in [3.63, 3.8) is 0 Å². The lowest BCUT2D eigenvalue weighted by atomic mass is 10.1. The number of piperidine rings is 1. The zero-order chi connectivity index (χ0) is 8.97.